The predicted molar refractivity (Wildman–Crippen MR) is 286 cm³/mol. The van der Waals surface area contributed by atoms with E-state index >= 15 is 9.18 Å². The molecule has 0 bridgehead atoms. The first-order valence-electron chi connectivity index (χ1n) is 27.9. The molecule has 3 N–H and O–H groups in total. The van der Waals surface area contributed by atoms with Gasteiger partial charge in [-0.25, -0.2) is 14.4 Å². The number of benzene rings is 3. The monoisotopic (exact) mass is 989 g/mol. The molecule has 2 aromatic heterocycles. The van der Waals surface area contributed by atoms with Gasteiger partial charge >= 0.3 is 0 Å². The van der Waals surface area contributed by atoms with Crippen molar-refractivity contribution in [2.45, 2.75) is 139 Å². The van der Waals surface area contributed by atoms with Gasteiger partial charge in [0.25, 0.3) is 0 Å². The minimum Gasteiger partial charge on any atom is -0.382 e. The maximum absolute atomic E-state index is 15.3. The maximum Gasteiger partial charge on any atom is 0.238 e. The van der Waals surface area contributed by atoms with Crippen LogP contribution in [0.5, 0.6) is 0 Å². The molecule has 0 radical (unpaired) electrons. The third-order valence-corrected chi connectivity index (χ3v) is 18.2. The highest BCUT2D eigenvalue weighted by Crippen LogP contribution is 2.52. The Bertz CT molecular complexity index is 2830. The minimum absolute atomic E-state index is 0.00503. The fourth-order valence-electron chi connectivity index (χ4n) is 13.8. The summed E-state index contributed by atoms with van der Waals surface area (Å²) in [6, 6.07) is 25.0. The van der Waals surface area contributed by atoms with E-state index in [1.807, 2.05) is 22.2 Å². The fourth-order valence-corrected chi connectivity index (χ4v) is 13.8. The van der Waals surface area contributed by atoms with E-state index < -0.39 is 5.41 Å². The lowest BCUT2D eigenvalue weighted by Gasteiger charge is -2.48. The third-order valence-electron chi connectivity index (χ3n) is 18.2. The summed E-state index contributed by atoms with van der Waals surface area (Å²) in [4.78, 5) is 62.3. The lowest BCUT2D eigenvalue weighted by molar-refractivity contribution is -0.140. The highest BCUT2D eigenvalue weighted by Gasteiger charge is 2.56. The number of imidazole rings is 1. The summed E-state index contributed by atoms with van der Waals surface area (Å²) in [6.45, 7) is 10.7. The van der Waals surface area contributed by atoms with Crippen molar-refractivity contribution in [1.29, 1.82) is 0 Å². The van der Waals surface area contributed by atoms with Crippen molar-refractivity contribution in [2.24, 2.45) is 11.8 Å². The molecule has 1 spiro atoms. The van der Waals surface area contributed by atoms with Crippen LogP contribution in [0.2, 0.25) is 0 Å². The van der Waals surface area contributed by atoms with E-state index in [1.165, 1.54) is 43.7 Å². The second-order valence-electron chi connectivity index (χ2n) is 22.9. The number of rotatable bonds is 11. The third kappa shape index (κ3) is 9.18. The Balaban J connectivity index is 0.725. The van der Waals surface area contributed by atoms with Gasteiger partial charge in [0.2, 0.25) is 17.7 Å². The van der Waals surface area contributed by atoms with Crippen LogP contribution in [0.15, 0.2) is 79.1 Å². The topological polar surface area (TPSA) is 131 Å². The zero-order valence-corrected chi connectivity index (χ0v) is 42.8. The van der Waals surface area contributed by atoms with E-state index in [0.717, 1.165) is 98.2 Å². The molecule has 13 nitrogen and oxygen atoms in total. The van der Waals surface area contributed by atoms with Crippen LogP contribution >= 0.6 is 0 Å². The largest absolute Gasteiger partial charge is 0.382 e. The fraction of sp³-hybridized carbons (Fsp3) is 0.542. The van der Waals surface area contributed by atoms with Crippen LogP contribution in [0.25, 0.3) is 22.3 Å². The van der Waals surface area contributed by atoms with Crippen molar-refractivity contribution in [1.82, 2.24) is 34.6 Å². The summed E-state index contributed by atoms with van der Waals surface area (Å²) in [5.41, 5.74) is 7.25. The molecule has 7 aliphatic rings. The van der Waals surface area contributed by atoms with E-state index in [9.17, 15) is 9.59 Å². The Morgan fingerprint density at radius 2 is 1.56 bits per heavy atom. The highest BCUT2D eigenvalue weighted by atomic mass is 19.1. The molecule has 3 aromatic carbocycles. The van der Waals surface area contributed by atoms with Crippen LogP contribution in [0.1, 0.15) is 127 Å². The molecular weight excluding hydrogens is 916 g/mol. The van der Waals surface area contributed by atoms with Crippen molar-refractivity contribution in [2.75, 3.05) is 67.9 Å². The van der Waals surface area contributed by atoms with Gasteiger partial charge in [0, 0.05) is 79.7 Å². The first-order chi connectivity index (χ1) is 35.6. The molecule has 7 heterocycles. The molecule has 2 atom stereocenters. The zero-order valence-electron chi connectivity index (χ0n) is 42.8. The van der Waals surface area contributed by atoms with Crippen molar-refractivity contribution >= 4 is 51.6 Å². The molecule has 2 saturated carbocycles. The summed E-state index contributed by atoms with van der Waals surface area (Å²) in [5, 5.41) is 10.6. The minimum atomic E-state index is -0.729. The number of pyridine rings is 1. The average Bonchev–Trinajstić information content (AvgIpc) is 4.15. The van der Waals surface area contributed by atoms with Gasteiger partial charge in [-0.1, -0.05) is 42.8 Å². The summed E-state index contributed by atoms with van der Waals surface area (Å²) in [6.07, 6.45) is 15.4. The van der Waals surface area contributed by atoms with Gasteiger partial charge in [0.1, 0.15) is 11.3 Å². The Kier molecular flexibility index (Phi) is 13.2. The van der Waals surface area contributed by atoms with E-state index in [1.54, 1.807) is 18.2 Å². The molecule has 6 fully saturated rings. The molecule has 4 saturated heterocycles. The smallest absolute Gasteiger partial charge is 0.238 e. The Morgan fingerprint density at radius 1 is 0.795 bits per heavy atom. The molecule has 12 rings (SSSR count). The lowest BCUT2D eigenvalue weighted by Crippen LogP contribution is -2.58. The van der Waals surface area contributed by atoms with E-state index in [-0.39, 0.29) is 47.5 Å². The second-order valence-corrected chi connectivity index (χ2v) is 22.9. The Morgan fingerprint density at radius 3 is 2.30 bits per heavy atom. The Hall–Kier alpha value is -5.86. The number of anilines is 4. The molecular formula is C59H73FN10O3. The number of piperidine rings is 3. The standard InChI is InChI=1S/C59H73FN10O3/c1-38(2)69-37-62-52-34-51(65-55(54(52)69)64-50-11-5-4-10-49(50)60)41-16-21-48-53(31-41)70(47-32-46(33-47)66-26-6-3-7-27-66)58(73)59(48)23-29-67(30-24-59)57(72)43-22-28-68(36-43)56(71)40-14-19-45(20-15-40)63-44-17-12-39(13-18-44)42-9-8-25-61-35-42/h4-5,10-13,16-18,21,31,34,37-38,40,42-43,45-47,61,63H,3,6-9,14-15,19-20,22-30,32-33,35-36H2,1-2H3,(H,64,65)/t40?,42-,43+,45?,46?,47?/m0/s1. The molecule has 5 aliphatic heterocycles. The number of aromatic nitrogens is 3. The number of carbonyl (C=O) groups excluding carboxylic acids is 3. The summed E-state index contributed by atoms with van der Waals surface area (Å²) >= 11 is 0. The van der Waals surface area contributed by atoms with E-state index in [4.69, 9.17) is 9.97 Å². The molecule has 0 unspecified atom stereocenters. The van der Waals surface area contributed by atoms with Gasteiger partial charge in [0.05, 0.1) is 34.6 Å². The SMILES string of the molecule is CC(C)n1cnc2cc(-c3ccc4c(c3)N(C3CC(N5CCCCC5)C3)C(=O)C43CCN(C(=O)[C@@H]4CCN(C(=O)C5CCC(Nc6ccc([C@H]7CCCNC7)cc6)CC5)C4)CC3)nc(Nc3ccccc3F)c21. The number of hydrogen-bond donors (Lipinski definition) is 3. The van der Waals surface area contributed by atoms with Crippen LogP contribution in [0.3, 0.4) is 0 Å². The number of likely N-dealkylation sites (tertiary alicyclic amines) is 3. The molecule has 2 aliphatic carbocycles. The molecule has 3 amide bonds. The number of hydrogen-bond acceptors (Lipinski definition) is 9. The number of fused-ring (bicyclic) bond motifs is 3. The average molecular weight is 989 g/mol. The summed E-state index contributed by atoms with van der Waals surface area (Å²) in [5.74, 6) is 1.01. The van der Waals surface area contributed by atoms with Crippen LogP contribution in [-0.2, 0) is 19.8 Å². The van der Waals surface area contributed by atoms with Crippen molar-refractivity contribution in [3.05, 3.63) is 96.1 Å². The molecule has 5 aromatic rings. The van der Waals surface area contributed by atoms with Gasteiger partial charge < -0.3 is 40.1 Å². The lowest BCUT2D eigenvalue weighted by atomic mass is 9.73. The molecule has 14 heteroatoms. The number of halogens is 1. The van der Waals surface area contributed by atoms with Gasteiger partial charge in [-0.15, -0.1) is 0 Å². The van der Waals surface area contributed by atoms with Gasteiger partial charge in [-0.3, -0.25) is 14.4 Å². The van der Waals surface area contributed by atoms with Gasteiger partial charge in [-0.05, 0) is 170 Å². The van der Waals surface area contributed by atoms with E-state index in [0.29, 0.717) is 80.6 Å². The van der Waals surface area contributed by atoms with Crippen LogP contribution < -0.4 is 20.9 Å². The molecule has 384 valence electrons. The zero-order chi connectivity index (χ0) is 49.8. The van der Waals surface area contributed by atoms with Gasteiger partial charge in [0.15, 0.2) is 5.82 Å². The number of nitrogens with zero attached hydrogens (tertiary/aromatic N) is 7. The van der Waals surface area contributed by atoms with Crippen LogP contribution in [0.4, 0.5) is 27.3 Å². The number of carbonyl (C=O) groups is 3. The quantitative estimate of drug-likeness (QED) is 0.118. The van der Waals surface area contributed by atoms with Crippen molar-refractivity contribution in [3.8, 4) is 11.3 Å². The van der Waals surface area contributed by atoms with Crippen molar-refractivity contribution < 1.29 is 18.8 Å². The summed E-state index contributed by atoms with van der Waals surface area (Å²) < 4.78 is 17.2. The van der Waals surface area contributed by atoms with Crippen molar-refractivity contribution in [3.63, 3.8) is 0 Å². The predicted octanol–water partition coefficient (Wildman–Crippen LogP) is 9.77. The van der Waals surface area contributed by atoms with Crippen LogP contribution in [-0.4, -0.2) is 117 Å². The molecule has 73 heavy (non-hydrogen) atoms. The number of para-hydroxylation sites is 1. The highest BCUT2D eigenvalue weighted by molar-refractivity contribution is 6.09. The van der Waals surface area contributed by atoms with Crippen LogP contribution in [0, 0.1) is 17.7 Å². The van der Waals surface area contributed by atoms with Gasteiger partial charge in [-0.2, -0.15) is 0 Å². The number of amides is 3. The normalized spacial score (nSPS) is 26.4. The summed E-state index contributed by atoms with van der Waals surface area (Å²) in [7, 11) is 0. The Labute approximate surface area is 429 Å². The first-order valence-corrected chi connectivity index (χ1v) is 27.9. The number of nitrogens with one attached hydrogen (secondary N) is 3. The maximum atomic E-state index is 15.3. The second kappa shape index (κ2) is 20.1. The van der Waals surface area contributed by atoms with E-state index in [2.05, 4.69) is 86.6 Å². The first kappa shape index (κ1) is 48.1.